The van der Waals surface area contributed by atoms with Gasteiger partial charge in [0.25, 0.3) is 0 Å². The number of carboxylic acid groups (broad SMARTS) is 1. The molecule has 0 saturated heterocycles. The minimum Gasteiger partial charge on any atom is -0.465 e. The molecular weight excluding hydrogens is 462 g/mol. The second-order valence-corrected chi connectivity index (χ2v) is 8.94. The van der Waals surface area contributed by atoms with Crippen molar-refractivity contribution >= 4 is 28.7 Å². The molecular formula is C25H27N7O4. The van der Waals surface area contributed by atoms with Gasteiger partial charge in [0.15, 0.2) is 0 Å². The number of aromatic amines is 1. The molecule has 0 aliphatic carbocycles. The van der Waals surface area contributed by atoms with Crippen molar-refractivity contribution in [2.75, 3.05) is 4.90 Å². The third-order valence-electron chi connectivity index (χ3n) is 6.55. The van der Waals surface area contributed by atoms with E-state index in [9.17, 15) is 19.5 Å². The number of nitrogens with zero attached hydrogens (tertiary/aromatic N) is 5. The van der Waals surface area contributed by atoms with Crippen molar-refractivity contribution in [1.82, 2.24) is 29.6 Å². The molecule has 1 atom stereocenters. The summed E-state index contributed by atoms with van der Waals surface area (Å²) in [6.07, 6.45) is 6.10. The Hall–Kier alpha value is -4.41. The molecule has 0 spiro atoms. The number of aromatic nitrogens is 5. The number of amides is 2. The van der Waals surface area contributed by atoms with E-state index in [-0.39, 0.29) is 30.6 Å². The molecule has 4 heterocycles. The lowest BCUT2D eigenvalue weighted by Crippen LogP contribution is -2.41. The van der Waals surface area contributed by atoms with Gasteiger partial charge in [0.05, 0.1) is 16.7 Å². The van der Waals surface area contributed by atoms with Gasteiger partial charge in [-0.15, -0.1) is 0 Å². The van der Waals surface area contributed by atoms with Crippen LogP contribution in [0.5, 0.6) is 0 Å². The number of hydrogen-bond donors (Lipinski definition) is 3. The summed E-state index contributed by atoms with van der Waals surface area (Å²) in [7, 11) is 0. The quantitative estimate of drug-likeness (QED) is 0.364. The molecule has 11 heteroatoms. The molecule has 0 radical (unpaired) electrons. The van der Waals surface area contributed by atoms with Crippen LogP contribution in [0.2, 0.25) is 0 Å². The third kappa shape index (κ3) is 4.59. The lowest BCUT2D eigenvalue weighted by Gasteiger charge is -2.33. The van der Waals surface area contributed by atoms with Crippen molar-refractivity contribution in [2.24, 2.45) is 0 Å². The van der Waals surface area contributed by atoms with Crippen LogP contribution in [-0.2, 0) is 37.3 Å². The second-order valence-electron chi connectivity index (χ2n) is 8.94. The first-order valence-electron chi connectivity index (χ1n) is 11.9. The number of nitrogens with one attached hydrogen (secondary N) is 2. The van der Waals surface area contributed by atoms with Crippen LogP contribution >= 0.6 is 0 Å². The first-order valence-corrected chi connectivity index (χ1v) is 11.9. The smallest absolute Gasteiger partial charge is 0.412 e. The van der Waals surface area contributed by atoms with E-state index in [1.165, 1.54) is 11.0 Å². The first-order chi connectivity index (χ1) is 17.4. The number of aryl methyl sites for hydroxylation is 3. The van der Waals surface area contributed by atoms with Crippen molar-refractivity contribution < 1.29 is 14.7 Å². The van der Waals surface area contributed by atoms with Crippen LogP contribution in [0.1, 0.15) is 30.3 Å². The van der Waals surface area contributed by atoms with E-state index in [1.807, 2.05) is 35.9 Å². The highest BCUT2D eigenvalue weighted by Gasteiger charge is 2.30. The number of imidazole rings is 1. The Kier molecular flexibility index (Phi) is 6.28. The van der Waals surface area contributed by atoms with Gasteiger partial charge in [-0.05, 0) is 49.6 Å². The average molecular weight is 490 g/mol. The fraction of sp³-hybridized carbons (Fsp3) is 0.320. The summed E-state index contributed by atoms with van der Waals surface area (Å²) < 4.78 is 3.69. The maximum atomic E-state index is 12.9. The second kappa shape index (κ2) is 9.68. The fourth-order valence-corrected chi connectivity index (χ4v) is 4.78. The number of hydrogen-bond acceptors (Lipinski definition) is 5. The van der Waals surface area contributed by atoms with Crippen LogP contribution in [0, 0.1) is 0 Å². The van der Waals surface area contributed by atoms with Gasteiger partial charge >= 0.3 is 6.09 Å². The highest BCUT2D eigenvalue weighted by molar-refractivity contribution is 5.95. The zero-order chi connectivity index (χ0) is 25.2. The Morgan fingerprint density at radius 1 is 1.28 bits per heavy atom. The van der Waals surface area contributed by atoms with Gasteiger partial charge in [-0.25, -0.2) is 9.78 Å². The van der Waals surface area contributed by atoms with Crippen molar-refractivity contribution in [2.45, 2.75) is 51.9 Å². The van der Waals surface area contributed by atoms with E-state index in [0.29, 0.717) is 37.1 Å². The summed E-state index contributed by atoms with van der Waals surface area (Å²) >= 11 is 0. The number of carbonyl (C=O) groups is 2. The molecule has 0 fully saturated rings. The molecule has 2 amide bonds. The molecule has 1 aliphatic rings. The zero-order valence-electron chi connectivity index (χ0n) is 19.8. The number of benzene rings is 1. The van der Waals surface area contributed by atoms with E-state index in [2.05, 4.69) is 15.4 Å². The summed E-state index contributed by atoms with van der Waals surface area (Å²) in [6.45, 7) is 2.77. The van der Waals surface area contributed by atoms with Crippen molar-refractivity contribution in [3.63, 3.8) is 0 Å². The largest absolute Gasteiger partial charge is 0.465 e. The number of fused-ring (bicyclic) bond motifs is 3. The number of rotatable bonds is 7. The highest BCUT2D eigenvalue weighted by Crippen LogP contribution is 2.36. The van der Waals surface area contributed by atoms with Gasteiger partial charge in [0, 0.05) is 55.8 Å². The van der Waals surface area contributed by atoms with Crippen LogP contribution in [0.25, 0.3) is 11.0 Å². The third-order valence-corrected chi connectivity index (χ3v) is 6.55. The predicted molar refractivity (Wildman–Crippen MR) is 133 cm³/mol. The van der Waals surface area contributed by atoms with E-state index < -0.39 is 6.09 Å². The van der Waals surface area contributed by atoms with Gasteiger partial charge in [0.1, 0.15) is 12.4 Å². The minimum absolute atomic E-state index is 0.0476. The Bertz CT molecular complexity index is 1470. The van der Waals surface area contributed by atoms with Crippen LogP contribution in [0.3, 0.4) is 0 Å². The summed E-state index contributed by atoms with van der Waals surface area (Å²) in [5, 5.41) is 16.9. The van der Waals surface area contributed by atoms with Gasteiger partial charge in [0.2, 0.25) is 11.5 Å². The van der Waals surface area contributed by atoms with Gasteiger partial charge in [-0.3, -0.25) is 19.2 Å². The topological polar surface area (TPSA) is 138 Å². The monoisotopic (exact) mass is 489 g/mol. The van der Waals surface area contributed by atoms with Crippen LogP contribution < -0.4 is 15.8 Å². The molecule has 5 rings (SSSR count). The van der Waals surface area contributed by atoms with E-state index in [0.717, 1.165) is 22.4 Å². The first kappa shape index (κ1) is 23.3. The minimum atomic E-state index is -0.986. The lowest BCUT2D eigenvalue weighted by atomic mass is 9.96. The number of anilines is 1. The predicted octanol–water partition coefficient (Wildman–Crippen LogP) is 2.30. The van der Waals surface area contributed by atoms with Crippen LogP contribution in [0.4, 0.5) is 10.5 Å². The molecule has 36 heavy (non-hydrogen) atoms. The molecule has 11 nitrogen and oxygen atoms in total. The standard InChI is InChI=1S/C25H27N7O4/c1-16-3-4-18-19(32(16)25(35)36)5-6-20-24(18)29-21(8-12-30-11-2-9-28-30)31(20)15-23(34)27-14-17-7-10-26-22(33)13-17/h2,5-7,9-11,13,16H,3-4,8,12,14-15H2,1H3,(H,26,33)(H,27,34)(H,35,36). The molecule has 0 bridgehead atoms. The van der Waals surface area contributed by atoms with Gasteiger partial charge < -0.3 is 20.0 Å². The lowest BCUT2D eigenvalue weighted by molar-refractivity contribution is -0.121. The fourth-order valence-electron chi connectivity index (χ4n) is 4.78. The zero-order valence-corrected chi connectivity index (χ0v) is 19.8. The Labute approximate surface area is 206 Å². The van der Waals surface area contributed by atoms with E-state index in [1.54, 1.807) is 23.1 Å². The SMILES string of the molecule is CC1CCc2c(ccc3c2nc(CCn2cccn2)n3CC(=O)NCc2cc[nH]c(=O)c2)N1C(=O)O. The molecule has 1 aromatic carbocycles. The van der Waals surface area contributed by atoms with Crippen molar-refractivity contribution in [3.8, 4) is 0 Å². The summed E-state index contributed by atoms with van der Waals surface area (Å²) in [5.74, 6) is 0.508. The Morgan fingerprint density at radius 2 is 2.14 bits per heavy atom. The molecule has 1 aliphatic heterocycles. The molecule has 0 saturated carbocycles. The Balaban J connectivity index is 1.47. The normalized spacial score (nSPS) is 15.1. The van der Waals surface area contributed by atoms with Gasteiger partial charge in [-0.2, -0.15) is 5.10 Å². The van der Waals surface area contributed by atoms with Crippen molar-refractivity contribution in [1.29, 1.82) is 0 Å². The summed E-state index contributed by atoms with van der Waals surface area (Å²) in [5.41, 5.74) is 3.53. The van der Waals surface area contributed by atoms with Gasteiger partial charge in [-0.1, -0.05) is 0 Å². The number of pyridine rings is 1. The number of H-pyrrole nitrogens is 1. The molecule has 186 valence electrons. The molecule has 1 unspecified atom stereocenters. The molecule has 3 aromatic heterocycles. The van der Waals surface area contributed by atoms with Crippen LogP contribution in [0.15, 0.2) is 53.7 Å². The maximum Gasteiger partial charge on any atom is 0.412 e. The van der Waals surface area contributed by atoms with Crippen LogP contribution in [-0.4, -0.2) is 47.5 Å². The number of carbonyl (C=O) groups excluding carboxylic acids is 1. The summed E-state index contributed by atoms with van der Waals surface area (Å²) in [4.78, 5) is 45.2. The highest BCUT2D eigenvalue weighted by atomic mass is 16.4. The Morgan fingerprint density at radius 3 is 2.89 bits per heavy atom. The summed E-state index contributed by atoms with van der Waals surface area (Å²) in [6, 6.07) is 8.57. The van der Waals surface area contributed by atoms with E-state index >= 15 is 0 Å². The van der Waals surface area contributed by atoms with E-state index in [4.69, 9.17) is 4.98 Å². The average Bonchev–Trinajstić information content (AvgIpc) is 3.49. The maximum absolute atomic E-state index is 12.9. The molecule has 4 aromatic rings. The van der Waals surface area contributed by atoms with Crippen molar-refractivity contribution in [3.05, 3.63) is 76.2 Å². The molecule has 3 N–H and O–H groups in total.